The van der Waals surface area contributed by atoms with E-state index in [2.05, 4.69) is 10.5 Å². The lowest BCUT2D eigenvalue weighted by atomic mass is 10.1. The van der Waals surface area contributed by atoms with Crippen molar-refractivity contribution in [3.8, 4) is 5.75 Å². The van der Waals surface area contributed by atoms with Gasteiger partial charge in [-0.1, -0.05) is 6.07 Å². The molecule has 0 radical (unpaired) electrons. The molecule has 5 nitrogen and oxygen atoms in total. The third-order valence-corrected chi connectivity index (χ3v) is 3.85. The highest BCUT2D eigenvalue weighted by Gasteiger charge is 2.16. The summed E-state index contributed by atoms with van der Waals surface area (Å²) in [6, 6.07) is 6.95. The van der Waals surface area contributed by atoms with Crippen LogP contribution in [0.1, 0.15) is 20.8 Å². The Labute approximate surface area is 124 Å². The van der Waals surface area contributed by atoms with Crippen molar-refractivity contribution in [2.45, 2.75) is 6.92 Å². The van der Waals surface area contributed by atoms with Gasteiger partial charge in [-0.05, 0) is 36.1 Å². The fourth-order valence-corrected chi connectivity index (χ4v) is 2.61. The standard InChI is InChI=1S/C15H12N2O3S/c1-9-8-20-12-5-4-11(14(18)13(9)12)15(19)17-16-7-10-3-2-6-21-10/h2-8,18H,1H3,(H,17,19). The number of carbonyl (C=O) groups is 1. The predicted molar refractivity (Wildman–Crippen MR) is 82.0 cm³/mol. The SMILES string of the molecule is Cc1coc2ccc(C(=O)NN=Cc3cccs3)c(O)c12. The van der Waals surface area contributed by atoms with Gasteiger partial charge in [0.05, 0.1) is 23.4 Å². The van der Waals surface area contributed by atoms with Crippen LogP contribution in [0.4, 0.5) is 0 Å². The number of hydrazone groups is 1. The van der Waals surface area contributed by atoms with Crippen LogP contribution in [-0.2, 0) is 0 Å². The van der Waals surface area contributed by atoms with Gasteiger partial charge < -0.3 is 9.52 Å². The second kappa shape index (κ2) is 5.41. The number of furan rings is 1. The molecule has 1 amide bonds. The third-order valence-electron chi connectivity index (χ3n) is 3.04. The molecule has 0 spiro atoms. The van der Waals surface area contributed by atoms with Gasteiger partial charge in [-0.3, -0.25) is 4.79 Å². The van der Waals surface area contributed by atoms with Crippen LogP contribution in [0.15, 0.2) is 45.4 Å². The van der Waals surface area contributed by atoms with Crippen LogP contribution >= 0.6 is 11.3 Å². The molecule has 0 atom stereocenters. The number of benzene rings is 1. The average molecular weight is 300 g/mol. The first-order valence-corrected chi connectivity index (χ1v) is 7.11. The van der Waals surface area contributed by atoms with Gasteiger partial charge >= 0.3 is 0 Å². The number of hydrogen-bond acceptors (Lipinski definition) is 5. The molecule has 0 bridgehead atoms. The summed E-state index contributed by atoms with van der Waals surface area (Å²) in [5.74, 6) is -0.564. The molecule has 2 N–H and O–H groups in total. The molecule has 3 aromatic rings. The van der Waals surface area contributed by atoms with Gasteiger partial charge in [-0.25, -0.2) is 5.43 Å². The van der Waals surface area contributed by atoms with E-state index in [-0.39, 0.29) is 11.3 Å². The molecule has 2 heterocycles. The molecule has 0 aliphatic rings. The van der Waals surface area contributed by atoms with Crippen molar-refractivity contribution in [2.75, 3.05) is 0 Å². The fourth-order valence-electron chi connectivity index (χ4n) is 2.03. The minimum absolute atomic E-state index is 0.0948. The summed E-state index contributed by atoms with van der Waals surface area (Å²) in [6.45, 7) is 1.81. The average Bonchev–Trinajstić information content (AvgIpc) is 3.09. The molecule has 21 heavy (non-hydrogen) atoms. The maximum absolute atomic E-state index is 12.1. The smallest absolute Gasteiger partial charge is 0.275 e. The van der Waals surface area contributed by atoms with Crippen molar-refractivity contribution in [1.29, 1.82) is 0 Å². The van der Waals surface area contributed by atoms with Crippen molar-refractivity contribution in [1.82, 2.24) is 5.43 Å². The van der Waals surface area contributed by atoms with Crippen molar-refractivity contribution in [3.05, 3.63) is 51.9 Å². The lowest BCUT2D eigenvalue weighted by Crippen LogP contribution is -2.17. The maximum Gasteiger partial charge on any atom is 0.275 e. The van der Waals surface area contributed by atoms with Crippen LogP contribution in [0.2, 0.25) is 0 Å². The molecular weight excluding hydrogens is 288 g/mol. The molecule has 0 aliphatic heterocycles. The van der Waals surface area contributed by atoms with E-state index in [1.165, 1.54) is 17.4 Å². The number of carbonyl (C=O) groups excluding carboxylic acids is 1. The van der Waals surface area contributed by atoms with E-state index < -0.39 is 5.91 Å². The van der Waals surface area contributed by atoms with E-state index in [4.69, 9.17) is 4.42 Å². The molecule has 0 aliphatic carbocycles. The zero-order valence-corrected chi connectivity index (χ0v) is 12.0. The highest BCUT2D eigenvalue weighted by molar-refractivity contribution is 7.11. The molecule has 0 fully saturated rings. The summed E-state index contributed by atoms with van der Waals surface area (Å²) < 4.78 is 5.27. The van der Waals surface area contributed by atoms with Gasteiger partial charge in [0.2, 0.25) is 0 Å². The van der Waals surface area contributed by atoms with Crippen LogP contribution < -0.4 is 5.43 Å². The zero-order chi connectivity index (χ0) is 14.8. The van der Waals surface area contributed by atoms with Crippen molar-refractivity contribution >= 4 is 34.4 Å². The van der Waals surface area contributed by atoms with Gasteiger partial charge in [0.1, 0.15) is 11.3 Å². The highest BCUT2D eigenvalue weighted by Crippen LogP contribution is 2.32. The fraction of sp³-hybridized carbons (Fsp3) is 0.0667. The van der Waals surface area contributed by atoms with E-state index in [0.717, 1.165) is 10.4 Å². The molecule has 0 saturated heterocycles. The molecule has 3 rings (SSSR count). The number of rotatable bonds is 3. The van der Waals surface area contributed by atoms with Gasteiger partial charge in [0.25, 0.3) is 5.91 Å². The Morgan fingerprint density at radius 2 is 2.29 bits per heavy atom. The lowest BCUT2D eigenvalue weighted by molar-refractivity contribution is 0.0953. The van der Waals surface area contributed by atoms with Crippen molar-refractivity contribution in [3.63, 3.8) is 0 Å². The molecular formula is C15H12N2O3S. The van der Waals surface area contributed by atoms with Crippen LogP contribution in [0, 0.1) is 6.92 Å². The molecule has 2 aromatic heterocycles. The Morgan fingerprint density at radius 1 is 1.43 bits per heavy atom. The molecule has 6 heteroatoms. The van der Waals surface area contributed by atoms with Crippen molar-refractivity contribution in [2.24, 2.45) is 5.10 Å². The largest absolute Gasteiger partial charge is 0.506 e. The number of nitrogens with one attached hydrogen (secondary N) is 1. The molecule has 0 saturated carbocycles. The number of amides is 1. The van der Waals surface area contributed by atoms with E-state index in [1.807, 2.05) is 24.4 Å². The van der Waals surface area contributed by atoms with E-state index in [1.54, 1.807) is 18.5 Å². The monoisotopic (exact) mass is 300 g/mol. The summed E-state index contributed by atoms with van der Waals surface area (Å²) in [6.07, 6.45) is 3.10. The maximum atomic E-state index is 12.1. The normalized spacial score (nSPS) is 11.3. The summed E-state index contributed by atoms with van der Waals surface area (Å²) >= 11 is 1.52. The number of aromatic hydroxyl groups is 1. The Bertz CT molecular complexity index is 819. The molecule has 106 valence electrons. The minimum Gasteiger partial charge on any atom is -0.506 e. The van der Waals surface area contributed by atoms with Gasteiger partial charge in [0.15, 0.2) is 0 Å². The van der Waals surface area contributed by atoms with Crippen LogP contribution in [0.25, 0.3) is 11.0 Å². The number of thiophene rings is 1. The quantitative estimate of drug-likeness (QED) is 0.576. The Morgan fingerprint density at radius 3 is 3.05 bits per heavy atom. The third kappa shape index (κ3) is 2.53. The number of fused-ring (bicyclic) bond motifs is 1. The van der Waals surface area contributed by atoms with Gasteiger partial charge in [-0.2, -0.15) is 5.10 Å². The van der Waals surface area contributed by atoms with E-state index in [9.17, 15) is 9.90 Å². The van der Waals surface area contributed by atoms with Crippen LogP contribution in [0.3, 0.4) is 0 Å². The minimum atomic E-state index is -0.470. The first-order valence-electron chi connectivity index (χ1n) is 6.23. The zero-order valence-electron chi connectivity index (χ0n) is 11.2. The number of hydrogen-bond donors (Lipinski definition) is 2. The summed E-state index contributed by atoms with van der Waals surface area (Å²) in [7, 11) is 0. The molecule has 1 aromatic carbocycles. The predicted octanol–water partition coefficient (Wildman–Crippen LogP) is 3.27. The van der Waals surface area contributed by atoms with Gasteiger partial charge in [-0.15, -0.1) is 11.3 Å². The van der Waals surface area contributed by atoms with Crippen molar-refractivity contribution < 1.29 is 14.3 Å². The first-order chi connectivity index (χ1) is 10.2. The second-order valence-electron chi connectivity index (χ2n) is 4.47. The number of aryl methyl sites for hydroxylation is 1. The van der Waals surface area contributed by atoms with Crippen LogP contribution in [-0.4, -0.2) is 17.2 Å². The summed E-state index contributed by atoms with van der Waals surface area (Å²) in [5, 5.41) is 16.5. The summed E-state index contributed by atoms with van der Waals surface area (Å²) in [4.78, 5) is 13.0. The lowest BCUT2D eigenvalue weighted by Gasteiger charge is -2.04. The number of phenols is 1. The van der Waals surface area contributed by atoms with Gasteiger partial charge in [0, 0.05) is 4.88 Å². The van der Waals surface area contributed by atoms with E-state index >= 15 is 0 Å². The van der Waals surface area contributed by atoms with E-state index in [0.29, 0.717) is 11.0 Å². The Balaban J connectivity index is 1.84. The Hall–Kier alpha value is -2.60. The Kier molecular flexibility index (Phi) is 3.45. The summed E-state index contributed by atoms with van der Waals surface area (Å²) in [5.41, 5.74) is 3.89. The molecule has 0 unspecified atom stereocenters. The first kappa shape index (κ1) is 13.4. The second-order valence-corrected chi connectivity index (χ2v) is 5.45. The number of nitrogens with zero attached hydrogens (tertiary/aromatic N) is 1. The number of phenolic OH excluding ortho intramolecular Hbond substituents is 1. The highest BCUT2D eigenvalue weighted by atomic mass is 32.1. The topological polar surface area (TPSA) is 74.8 Å². The van der Waals surface area contributed by atoms with Crippen LogP contribution in [0.5, 0.6) is 5.75 Å².